The third-order valence-electron chi connectivity index (χ3n) is 3.61. The van der Waals surface area contributed by atoms with Gasteiger partial charge in [-0.3, -0.25) is 0 Å². The maximum atomic E-state index is 5.86. The Bertz CT molecular complexity index is 463. The lowest BCUT2D eigenvalue weighted by Crippen LogP contribution is -2.34. The molecule has 0 unspecified atom stereocenters. The molecular formula is C16H27N5. The van der Waals surface area contributed by atoms with Crippen molar-refractivity contribution in [1.82, 2.24) is 10.3 Å². The van der Waals surface area contributed by atoms with E-state index in [4.69, 9.17) is 5.73 Å². The summed E-state index contributed by atoms with van der Waals surface area (Å²) >= 11 is 0. The van der Waals surface area contributed by atoms with E-state index in [1.165, 1.54) is 19.3 Å². The Balaban J connectivity index is 1.92. The van der Waals surface area contributed by atoms with E-state index in [0.29, 0.717) is 18.4 Å². The maximum Gasteiger partial charge on any atom is 0.188 e. The zero-order valence-corrected chi connectivity index (χ0v) is 13.2. The Kier molecular flexibility index (Phi) is 5.84. The van der Waals surface area contributed by atoms with Crippen LogP contribution in [0.1, 0.15) is 38.7 Å². The number of nitrogens with one attached hydrogen (secondary N) is 1. The average molecular weight is 289 g/mol. The van der Waals surface area contributed by atoms with Crippen LogP contribution in [0.5, 0.6) is 0 Å². The summed E-state index contributed by atoms with van der Waals surface area (Å²) in [7, 11) is 0. The molecule has 1 saturated heterocycles. The molecule has 1 fully saturated rings. The first-order chi connectivity index (χ1) is 10.1. The summed E-state index contributed by atoms with van der Waals surface area (Å²) in [5.41, 5.74) is 7.02. The molecule has 0 aliphatic carbocycles. The first kappa shape index (κ1) is 15.6. The first-order valence-corrected chi connectivity index (χ1v) is 7.89. The van der Waals surface area contributed by atoms with Crippen LogP contribution in [0.4, 0.5) is 5.82 Å². The van der Waals surface area contributed by atoms with Crippen LogP contribution in [0.3, 0.4) is 0 Å². The third kappa shape index (κ3) is 5.25. The molecule has 0 radical (unpaired) electrons. The highest BCUT2D eigenvalue weighted by Crippen LogP contribution is 2.18. The first-order valence-electron chi connectivity index (χ1n) is 7.89. The number of hydrogen-bond acceptors (Lipinski definition) is 3. The van der Waals surface area contributed by atoms with Gasteiger partial charge in [-0.2, -0.15) is 0 Å². The van der Waals surface area contributed by atoms with Gasteiger partial charge in [-0.25, -0.2) is 9.98 Å². The number of piperidine rings is 1. The summed E-state index contributed by atoms with van der Waals surface area (Å²) in [6.07, 6.45) is 5.72. The van der Waals surface area contributed by atoms with Crippen molar-refractivity contribution in [3.05, 3.63) is 23.9 Å². The van der Waals surface area contributed by atoms with Crippen molar-refractivity contribution in [3.63, 3.8) is 0 Å². The third-order valence-corrected chi connectivity index (χ3v) is 3.61. The molecule has 5 nitrogen and oxygen atoms in total. The van der Waals surface area contributed by atoms with E-state index in [1.54, 1.807) is 0 Å². The number of guanidine groups is 1. The lowest BCUT2D eigenvalue weighted by atomic mass is 10.1. The average Bonchev–Trinajstić information content (AvgIpc) is 2.52. The smallest absolute Gasteiger partial charge is 0.188 e. The van der Waals surface area contributed by atoms with Crippen molar-refractivity contribution in [2.24, 2.45) is 16.6 Å². The molecule has 116 valence electrons. The normalized spacial score (nSPS) is 16.3. The number of aromatic nitrogens is 1. The van der Waals surface area contributed by atoms with Gasteiger partial charge in [-0.1, -0.05) is 13.8 Å². The van der Waals surface area contributed by atoms with Gasteiger partial charge in [0.2, 0.25) is 0 Å². The Morgan fingerprint density at radius 2 is 2.14 bits per heavy atom. The maximum absolute atomic E-state index is 5.86. The minimum absolute atomic E-state index is 0.514. The second kappa shape index (κ2) is 7.86. The molecule has 0 amide bonds. The number of nitrogens with two attached hydrogens (primary N) is 1. The molecule has 21 heavy (non-hydrogen) atoms. The molecule has 0 aromatic carbocycles. The largest absolute Gasteiger partial charge is 0.370 e. The van der Waals surface area contributed by atoms with Crippen LogP contribution in [0.25, 0.3) is 0 Å². The molecule has 0 atom stereocenters. The topological polar surface area (TPSA) is 66.5 Å². The van der Waals surface area contributed by atoms with Gasteiger partial charge in [-0.05, 0) is 42.9 Å². The van der Waals surface area contributed by atoms with E-state index < -0.39 is 0 Å². The number of pyridine rings is 1. The summed E-state index contributed by atoms with van der Waals surface area (Å²) in [6, 6.07) is 4.14. The van der Waals surface area contributed by atoms with Crippen LogP contribution in [0.2, 0.25) is 0 Å². The van der Waals surface area contributed by atoms with Gasteiger partial charge in [-0.15, -0.1) is 0 Å². The molecule has 0 spiro atoms. The summed E-state index contributed by atoms with van der Waals surface area (Å²) in [5.74, 6) is 2.14. The van der Waals surface area contributed by atoms with E-state index >= 15 is 0 Å². The molecule has 3 N–H and O–H groups in total. The summed E-state index contributed by atoms with van der Waals surface area (Å²) in [4.78, 5) is 11.2. The second-order valence-corrected chi connectivity index (χ2v) is 6.05. The van der Waals surface area contributed by atoms with Crippen LogP contribution in [0, 0.1) is 5.92 Å². The number of hydrogen-bond donors (Lipinski definition) is 2. The molecule has 1 aromatic heterocycles. The van der Waals surface area contributed by atoms with Crippen LogP contribution in [-0.4, -0.2) is 30.6 Å². The Morgan fingerprint density at radius 3 is 2.86 bits per heavy atom. The number of aliphatic imine (C=N–C) groups is 1. The SMILES string of the molecule is CC(C)CNC(N)=NCc1ccnc(N2CCCCC2)c1. The second-order valence-electron chi connectivity index (χ2n) is 6.05. The predicted molar refractivity (Wildman–Crippen MR) is 88.5 cm³/mol. The van der Waals surface area contributed by atoms with Gasteiger partial charge >= 0.3 is 0 Å². The fraction of sp³-hybridized carbons (Fsp3) is 0.625. The highest BCUT2D eigenvalue weighted by Gasteiger charge is 2.12. The number of nitrogens with zero attached hydrogens (tertiary/aromatic N) is 3. The van der Waals surface area contributed by atoms with Gasteiger partial charge < -0.3 is 16.0 Å². The number of anilines is 1. The summed E-state index contributed by atoms with van der Waals surface area (Å²) in [6.45, 7) is 7.96. The number of rotatable bonds is 5. The van der Waals surface area contributed by atoms with Gasteiger partial charge in [0.25, 0.3) is 0 Å². The Hall–Kier alpha value is -1.78. The molecular weight excluding hydrogens is 262 g/mol. The van der Waals surface area contributed by atoms with Crippen molar-refractivity contribution in [1.29, 1.82) is 0 Å². The highest BCUT2D eigenvalue weighted by atomic mass is 15.2. The monoisotopic (exact) mass is 289 g/mol. The van der Waals surface area contributed by atoms with Crippen molar-refractivity contribution >= 4 is 11.8 Å². The van der Waals surface area contributed by atoms with Gasteiger partial charge in [0.1, 0.15) is 5.82 Å². The van der Waals surface area contributed by atoms with Crippen molar-refractivity contribution in [2.75, 3.05) is 24.5 Å². The summed E-state index contributed by atoms with van der Waals surface area (Å²) < 4.78 is 0. The minimum Gasteiger partial charge on any atom is -0.370 e. The van der Waals surface area contributed by atoms with Crippen molar-refractivity contribution in [2.45, 2.75) is 39.7 Å². The molecule has 2 heterocycles. The van der Waals surface area contributed by atoms with E-state index in [-0.39, 0.29) is 0 Å². The van der Waals surface area contributed by atoms with E-state index in [1.807, 2.05) is 12.3 Å². The predicted octanol–water partition coefficient (Wildman–Crippen LogP) is 2.13. The fourth-order valence-electron chi connectivity index (χ4n) is 2.40. The quantitative estimate of drug-likeness (QED) is 0.644. The van der Waals surface area contributed by atoms with Gasteiger partial charge in [0.05, 0.1) is 6.54 Å². The zero-order valence-electron chi connectivity index (χ0n) is 13.2. The van der Waals surface area contributed by atoms with Crippen molar-refractivity contribution < 1.29 is 0 Å². The van der Waals surface area contributed by atoms with E-state index in [2.05, 4.69) is 40.1 Å². The molecule has 1 aliphatic rings. The molecule has 5 heteroatoms. The van der Waals surface area contributed by atoms with Crippen LogP contribution >= 0.6 is 0 Å². The lowest BCUT2D eigenvalue weighted by molar-refractivity contribution is 0.573. The van der Waals surface area contributed by atoms with E-state index in [0.717, 1.165) is 31.0 Å². The molecule has 2 rings (SSSR count). The molecule has 1 aromatic rings. The zero-order chi connectivity index (χ0) is 15.1. The van der Waals surface area contributed by atoms with Crippen LogP contribution in [0.15, 0.2) is 23.3 Å². The van der Waals surface area contributed by atoms with Crippen LogP contribution in [-0.2, 0) is 6.54 Å². The molecule has 0 saturated carbocycles. The Labute approximate surface area is 127 Å². The highest BCUT2D eigenvalue weighted by molar-refractivity contribution is 5.77. The standard InChI is InChI=1S/C16H27N5/c1-13(2)11-19-16(17)20-12-14-6-7-18-15(10-14)21-8-4-3-5-9-21/h6-7,10,13H,3-5,8-9,11-12H2,1-2H3,(H3,17,19,20). The summed E-state index contributed by atoms with van der Waals surface area (Å²) in [5, 5.41) is 3.13. The minimum atomic E-state index is 0.514. The fourth-order valence-corrected chi connectivity index (χ4v) is 2.40. The molecule has 0 bridgehead atoms. The van der Waals surface area contributed by atoms with Gasteiger partial charge in [0, 0.05) is 25.8 Å². The lowest BCUT2D eigenvalue weighted by Gasteiger charge is -2.27. The van der Waals surface area contributed by atoms with Crippen LogP contribution < -0.4 is 16.0 Å². The Morgan fingerprint density at radius 1 is 1.38 bits per heavy atom. The van der Waals surface area contributed by atoms with E-state index in [9.17, 15) is 0 Å². The van der Waals surface area contributed by atoms with Gasteiger partial charge in [0.15, 0.2) is 5.96 Å². The molecule has 1 aliphatic heterocycles. The van der Waals surface area contributed by atoms with Crippen molar-refractivity contribution in [3.8, 4) is 0 Å².